The fourth-order valence-electron chi connectivity index (χ4n) is 1.04. The molecule has 0 bridgehead atoms. The number of nitrogens with one attached hydrogen (secondary N) is 1. The summed E-state index contributed by atoms with van der Waals surface area (Å²) in [6, 6.07) is 5.67. The molecule has 1 aromatic carbocycles. The van der Waals surface area contributed by atoms with Gasteiger partial charge in [-0.15, -0.1) is 0 Å². The molecule has 4 heteroatoms. The van der Waals surface area contributed by atoms with Crippen LogP contribution >= 0.6 is 24.4 Å². The van der Waals surface area contributed by atoms with Crippen LogP contribution in [0.5, 0.6) is 0 Å². The van der Waals surface area contributed by atoms with Gasteiger partial charge >= 0.3 is 0 Å². The van der Waals surface area contributed by atoms with Crippen LogP contribution in [0.1, 0.15) is 11.1 Å². The Kier molecular flexibility index (Phi) is 3.88. The van der Waals surface area contributed by atoms with Gasteiger partial charge in [-0.3, -0.25) is 4.72 Å². The normalized spacial score (nSPS) is 10.2. The molecule has 0 aliphatic carbocycles. The molecular formula is C8H11ClN2S. The van der Waals surface area contributed by atoms with Crippen LogP contribution < -0.4 is 10.5 Å². The quantitative estimate of drug-likeness (QED) is 0.654. The van der Waals surface area contributed by atoms with E-state index in [1.807, 2.05) is 18.2 Å². The van der Waals surface area contributed by atoms with Gasteiger partial charge in [-0.1, -0.05) is 30.5 Å². The first-order valence-corrected chi connectivity index (χ1v) is 4.44. The Labute approximate surface area is 82.6 Å². The molecule has 0 aliphatic heterocycles. The summed E-state index contributed by atoms with van der Waals surface area (Å²) in [7, 11) is 0. The lowest BCUT2D eigenvalue weighted by Crippen LogP contribution is -2.06. The Bertz CT molecular complexity index is 265. The zero-order valence-corrected chi connectivity index (χ0v) is 8.20. The minimum atomic E-state index is 0.530. The van der Waals surface area contributed by atoms with Gasteiger partial charge in [-0.05, 0) is 23.3 Å². The molecule has 0 amide bonds. The Morgan fingerprint density at radius 3 is 2.75 bits per heavy atom. The predicted molar refractivity (Wildman–Crippen MR) is 55.2 cm³/mol. The number of hydrogen-bond donors (Lipinski definition) is 3. The van der Waals surface area contributed by atoms with Crippen LogP contribution in [0, 0.1) is 0 Å². The van der Waals surface area contributed by atoms with Crippen molar-refractivity contribution in [3.05, 3.63) is 34.3 Å². The molecule has 3 N–H and O–H groups in total. The van der Waals surface area contributed by atoms with Crippen LogP contribution in [-0.2, 0) is 13.1 Å². The van der Waals surface area contributed by atoms with Crippen molar-refractivity contribution in [1.82, 2.24) is 4.72 Å². The van der Waals surface area contributed by atoms with E-state index in [0.717, 1.165) is 16.1 Å². The van der Waals surface area contributed by atoms with Crippen molar-refractivity contribution in [2.75, 3.05) is 0 Å². The average Bonchev–Trinajstić information content (AvgIpc) is 2.05. The third kappa shape index (κ3) is 2.38. The van der Waals surface area contributed by atoms with Crippen molar-refractivity contribution in [1.29, 1.82) is 0 Å². The number of rotatable bonds is 3. The van der Waals surface area contributed by atoms with E-state index in [-0.39, 0.29) is 0 Å². The van der Waals surface area contributed by atoms with Gasteiger partial charge in [0.1, 0.15) is 0 Å². The first-order valence-electron chi connectivity index (χ1n) is 3.62. The summed E-state index contributed by atoms with van der Waals surface area (Å²) in [5, 5.41) is 0.728. The average molecular weight is 203 g/mol. The van der Waals surface area contributed by atoms with Crippen LogP contribution in [0.3, 0.4) is 0 Å². The second-order valence-corrected chi connectivity index (χ2v) is 3.20. The van der Waals surface area contributed by atoms with Crippen molar-refractivity contribution in [2.24, 2.45) is 5.73 Å². The SMILES string of the molecule is NCc1ccc(Cl)cc1CNS. The summed E-state index contributed by atoms with van der Waals surface area (Å²) in [5.41, 5.74) is 7.73. The van der Waals surface area contributed by atoms with Crippen molar-refractivity contribution in [3.63, 3.8) is 0 Å². The minimum absolute atomic E-state index is 0.530. The van der Waals surface area contributed by atoms with Gasteiger partial charge in [0.05, 0.1) is 0 Å². The maximum atomic E-state index is 5.82. The standard InChI is InChI=1S/C8H11ClN2S/c9-8-2-1-6(4-10)7(3-8)5-11-12/h1-3,11-12H,4-5,10H2. The summed E-state index contributed by atoms with van der Waals surface area (Å²) in [4.78, 5) is 0. The number of benzene rings is 1. The van der Waals surface area contributed by atoms with E-state index < -0.39 is 0 Å². The smallest absolute Gasteiger partial charge is 0.0409 e. The minimum Gasteiger partial charge on any atom is -0.326 e. The molecule has 0 aromatic heterocycles. The molecule has 0 unspecified atom stereocenters. The highest BCUT2D eigenvalue weighted by atomic mass is 35.5. The second-order valence-electron chi connectivity index (χ2n) is 2.45. The molecule has 0 saturated carbocycles. The van der Waals surface area contributed by atoms with Crippen LogP contribution in [0.25, 0.3) is 0 Å². The van der Waals surface area contributed by atoms with E-state index >= 15 is 0 Å². The van der Waals surface area contributed by atoms with E-state index in [4.69, 9.17) is 17.3 Å². The highest BCUT2D eigenvalue weighted by molar-refractivity contribution is 7.78. The fourth-order valence-corrected chi connectivity index (χ4v) is 1.41. The molecule has 0 saturated heterocycles. The highest BCUT2D eigenvalue weighted by Gasteiger charge is 2.00. The summed E-state index contributed by atoms with van der Waals surface area (Å²) in [6.07, 6.45) is 0. The Balaban J connectivity index is 2.95. The molecule has 0 heterocycles. The number of hydrogen-bond acceptors (Lipinski definition) is 3. The Morgan fingerprint density at radius 1 is 1.42 bits per heavy atom. The van der Waals surface area contributed by atoms with Gasteiger partial charge in [0.2, 0.25) is 0 Å². The largest absolute Gasteiger partial charge is 0.326 e. The second kappa shape index (κ2) is 4.72. The molecule has 0 radical (unpaired) electrons. The van der Waals surface area contributed by atoms with Gasteiger partial charge in [0.15, 0.2) is 0 Å². The lowest BCUT2D eigenvalue weighted by molar-refractivity contribution is 0.935. The number of thiol groups is 1. The predicted octanol–water partition coefficient (Wildman–Crippen LogP) is 1.73. The van der Waals surface area contributed by atoms with E-state index in [0.29, 0.717) is 13.1 Å². The van der Waals surface area contributed by atoms with Crippen molar-refractivity contribution < 1.29 is 0 Å². The lowest BCUT2D eigenvalue weighted by Gasteiger charge is -2.06. The first-order chi connectivity index (χ1) is 5.77. The summed E-state index contributed by atoms with van der Waals surface area (Å²) in [6.45, 7) is 1.21. The monoisotopic (exact) mass is 202 g/mol. The molecule has 0 atom stereocenters. The highest BCUT2D eigenvalue weighted by Crippen LogP contribution is 2.15. The van der Waals surface area contributed by atoms with Gasteiger partial charge < -0.3 is 5.73 Å². The summed E-state index contributed by atoms with van der Waals surface area (Å²) in [5.74, 6) is 0. The topological polar surface area (TPSA) is 38.0 Å². The third-order valence-corrected chi connectivity index (χ3v) is 2.05. The number of halogens is 1. The zero-order valence-electron chi connectivity index (χ0n) is 6.55. The molecule has 1 aromatic rings. The van der Waals surface area contributed by atoms with Gasteiger partial charge in [0.25, 0.3) is 0 Å². The molecular weight excluding hydrogens is 192 g/mol. The molecule has 2 nitrogen and oxygen atoms in total. The third-order valence-electron chi connectivity index (χ3n) is 1.66. The van der Waals surface area contributed by atoms with Crippen molar-refractivity contribution in [2.45, 2.75) is 13.1 Å². The molecule has 66 valence electrons. The summed E-state index contributed by atoms with van der Waals surface area (Å²) < 4.78 is 2.77. The Hall–Kier alpha value is -0.220. The van der Waals surface area contributed by atoms with Gasteiger partial charge in [-0.2, -0.15) is 0 Å². The molecule has 1 rings (SSSR count). The molecule has 0 spiro atoms. The van der Waals surface area contributed by atoms with Crippen LogP contribution in [0.2, 0.25) is 5.02 Å². The summed E-state index contributed by atoms with van der Waals surface area (Å²) >= 11 is 9.73. The Morgan fingerprint density at radius 2 is 2.17 bits per heavy atom. The lowest BCUT2D eigenvalue weighted by atomic mass is 10.1. The van der Waals surface area contributed by atoms with E-state index in [2.05, 4.69) is 17.5 Å². The van der Waals surface area contributed by atoms with E-state index in [9.17, 15) is 0 Å². The van der Waals surface area contributed by atoms with E-state index in [1.165, 1.54) is 0 Å². The van der Waals surface area contributed by atoms with Crippen LogP contribution in [0.15, 0.2) is 18.2 Å². The van der Waals surface area contributed by atoms with Gasteiger partial charge in [-0.25, -0.2) is 0 Å². The van der Waals surface area contributed by atoms with Gasteiger partial charge in [0, 0.05) is 18.1 Å². The van der Waals surface area contributed by atoms with E-state index in [1.54, 1.807) is 0 Å². The zero-order chi connectivity index (χ0) is 8.97. The fraction of sp³-hybridized carbons (Fsp3) is 0.250. The number of nitrogens with two attached hydrogens (primary N) is 1. The van der Waals surface area contributed by atoms with Crippen molar-refractivity contribution >= 4 is 24.4 Å². The van der Waals surface area contributed by atoms with Crippen LogP contribution in [-0.4, -0.2) is 0 Å². The maximum Gasteiger partial charge on any atom is 0.0409 e. The molecule has 0 aliphatic rings. The first kappa shape index (κ1) is 9.86. The van der Waals surface area contributed by atoms with Crippen molar-refractivity contribution in [3.8, 4) is 0 Å². The van der Waals surface area contributed by atoms with Crippen LogP contribution in [0.4, 0.5) is 0 Å². The maximum absolute atomic E-state index is 5.82. The molecule has 0 fully saturated rings. The molecule has 12 heavy (non-hydrogen) atoms.